The van der Waals surface area contributed by atoms with Crippen LogP contribution in [0.4, 0.5) is 5.69 Å². The maximum absolute atomic E-state index is 12.2. The van der Waals surface area contributed by atoms with Crippen LogP contribution in [0, 0.1) is 6.92 Å². The highest BCUT2D eigenvalue weighted by Gasteiger charge is 2.08. The third kappa shape index (κ3) is 3.64. The molecule has 0 radical (unpaired) electrons. The summed E-state index contributed by atoms with van der Waals surface area (Å²) >= 11 is 4.46. The molecule has 0 spiro atoms. The molecule has 0 aliphatic rings. The van der Waals surface area contributed by atoms with Gasteiger partial charge in [0.25, 0.3) is 5.56 Å². The number of thioether (sulfide) groups is 1. The molecule has 4 rings (SSSR count). The maximum Gasteiger partial charge on any atom is 0.258 e. The lowest BCUT2D eigenvalue weighted by molar-refractivity contribution is -0.113. The predicted octanol–water partition coefficient (Wildman–Crippen LogP) is 3.55. The van der Waals surface area contributed by atoms with Gasteiger partial charge in [0.2, 0.25) is 5.91 Å². The van der Waals surface area contributed by atoms with Gasteiger partial charge in [-0.05, 0) is 25.1 Å². The van der Waals surface area contributed by atoms with Crippen LogP contribution in [-0.4, -0.2) is 26.0 Å². The number of rotatable bonds is 5. The molecular formula is C17H14N4O2S3. The average molecular weight is 403 g/mol. The van der Waals surface area contributed by atoms with Crippen molar-refractivity contribution in [2.45, 2.75) is 12.7 Å². The van der Waals surface area contributed by atoms with Crippen molar-refractivity contribution >= 4 is 61.2 Å². The first-order valence-electron chi connectivity index (χ1n) is 7.79. The van der Waals surface area contributed by atoms with E-state index in [0.717, 1.165) is 20.9 Å². The summed E-state index contributed by atoms with van der Waals surface area (Å²) in [5.41, 5.74) is 2.31. The number of hydrogen-bond acceptors (Lipinski definition) is 7. The molecule has 1 N–H and O–H groups in total. The Morgan fingerprint density at radius 3 is 3.08 bits per heavy atom. The van der Waals surface area contributed by atoms with Crippen LogP contribution in [0.25, 0.3) is 15.2 Å². The number of thiazole rings is 2. The van der Waals surface area contributed by atoms with Crippen LogP contribution in [0.5, 0.6) is 0 Å². The number of amides is 1. The minimum Gasteiger partial charge on any atom is -0.325 e. The first-order valence-corrected chi connectivity index (χ1v) is 10.6. The van der Waals surface area contributed by atoms with E-state index >= 15 is 0 Å². The quantitative estimate of drug-likeness (QED) is 0.552. The summed E-state index contributed by atoms with van der Waals surface area (Å²) in [6.45, 7) is 1.97. The van der Waals surface area contributed by atoms with E-state index in [9.17, 15) is 9.59 Å². The first-order chi connectivity index (χ1) is 12.6. The minimum atomic E-state index is -0.0931. The Kier molecular flexibility index (Phi) is 4.75. The van der Waals surface area contributed by atoms with Crippen LogP contribution in [0.2, 0.25) is 0 Å². The molecule has 0 atom stereocenters. The largest absolute Gasteiger partial charge is 0.325 e. The van der Waals surface area contributed by atoms with Gasteiger partial charge in [-0.25, -0.2) is 9.97 Å². The molecule has 0 fully saturated rings. The molecule has 132 valence electrons. The van der Waals surface area contributed by atoms with Crippen molar-refractivity contribution in [1.29, 1.82) is 0 Å². The van der Waals surface area contributed by atoms with Gasteiger partial charge in [0, 0.05) is 29.1 Å². The molecule has 3 heterocycles. The van der Waals surface area contributed by atoms with E-state index in [2.05, 4.69) is 15.3 Å². The lowest BCUT2D eigenvalue weighted by Crippen LogP contribution is -2.15. The number of hydrogen-bond donors (Lipinski definition) is 1. The van der Waals surface area contributed by atoms with E-state index in [0.29, 0.717) is 22.2 Å². The molecule has 0 aliphatic heterocycles. The Hall–Kier alpha value is -2.23. The normalized spacial score (nSPS) is 11.3. The van der Waals surface area contributed by atoms with Crippen LogP contribution < -0.4 is 10.9 Å². The van der Waals surface area contributed by atoms with Crippen LogP contribution in [-0.2, 0) is 10.5 Å². The summed E-state index contributed by atoms with van der Waals surface area (Å²) in [4.78, 5) is 33.6. The molecule has 0 aliphatic carbocycles. The summed E-state index contributed by atoms with van der Waals surface area (Å²) in [7, 11) is 0. The summed E-state index contributed by atoms with van der Waals surface area (Å²) in [5.74, 6) is 0.736. The van der Waals surface area contributed by atoms with Gasteiger partial charge in [0.1, 0.15) is 0 Å². The van der Waals surface area contributed by atoms with Gasteiger partial charge in [0.15, 0.2) is 4.96 Å². The monoisotopic (exact) mass is 402 g/mol. The molecule has 1 aromatic carbocycles. The van der Waals surface area contributed by atoms with Crippen molar-refractivity contribution in [2.24, 2.45) is 0 Å². The van der Waals surface area contributed by atoms with E-state index in [4.69, 9.17) is 0 Å². The third-order valence-corrected chi connectivity index (χ3v) is 6.27. The number of anilines is 1. The lowest BCUT2D eigenvalue weighted by Gasteiger charge is -2.05. The van der Waals surface area contributed by atoms with Crippen LogP contribution in [0.1, 0.15) is 10.7 Å². The summed E-state index contributed by atoms with van der Waals surface area (Å²) in [5, 5.41) is 5.74. The van der Waals surface area contributed by atoms with Crippen molar-refractivity contribution in [2.75, 3.05) is 11.1 Å². The van der Waals surface area contributed by atoms with Crippen molar-refractivity contribution in [1.82, 2.24) is 14.4 Å². The zero-order chi connectivity index (χ0) is 18.1. The summed E-state index contributed by atoms with van der Waals surface area (Å²) in [6, 6.07) is 7.23. The predicted molar refractivity (Wildman–Crippen MR) is 108 cm³/mol. The molecule has 4 aromatic rings. The van der Waals surface area contributed by atoms with Gasteiger partial charge in [-0.15, -0.1) is 34.4 Å². The fourth-order valence-electron chi connectivity index (χ4n) is 2.52. The van der Waals surface area contributed by atoms with Gasteiger partial charge in [-0.3, -0.25) is 14.0 Å². The SMILES string of the molecule is Cc1nc2ccc(NC(=O)CSCc3cc(=O)n4ccsc4n3)cc2s1. The highest BCUT2D eigenvalue weighted by Crippen LogP contribution is 2.25. The van der Waals surface area contributed by atoms with Gasteiger partial charge in [0.05, 0.1) is 26.7 Å². The Morgan fingerprint density at radius 2 is 2.19 bits per heavy atom. The maximum atomic E-state index is 12.2. The average Bonchev–Trinajstić information content (AvgIpc) is 3.20. The Morgan fingerprint density at radius 1 is 1.31 bits per heavy atom. The summed E-state index contributed by atoms with van der Waals surface area (Å²) < 4.78 is 2.57. The second-order valence-corrected chi connectivity index (χ2v) is 8.69. The number of carbonyl (C=O) groups is 1. The smallest absolute Gasteiger partial charge is 0.258 e. The minimum absolute atomic E-state index is 0.0792. The fraction of sp³-hybridized carbons (Fsp3) is 0.176. The standard InChI is InChI=1S/C17H14N4O2S3/c1-10-18-13-3-2-11(6-14(13)26-10)19-15(22)9-24-8-12-7-16(23)21-4-5-25-17(21)20-12/h2-7H,8-9H2,1H3,(H,19,22). The summed E-state index contributed by atoms with van der Waals surface area (Å²) in [6.07, 6.45) is 1.71. The molecule has 0 saturated heterocycles. The van der Waals surface area contributed by atoms with E-state index in [1.54, 1.807) is 17.5 Å². The van der Waals surface area contributed by atoms with Crippen LogP contribution >= 0.6 is 34.4 Å². The number of nitrogens with one attached hydrogen (secondary N) is 1. The van der Waals surface area contributed by atoms with Gasteiger partial charge < -0.3 is 5.32 Å². The number of benzene rings is 1. The van der Waals surface area contributed by atoms with E-state index in [1.807, 2.05) is 30.5 Å². The van der Waals surface area contributed by atoms with Gasteiger partial charge in [-0.2, -0.15) is 0 Å². The van der Waals surface area contributed by atoms with E-state index in [1.165, 1.54) is 33.6 Å². The number of carbonyl (C=O) groups excluding carboxylic acids is 1. The molecule has 1 amide bonds. The highest BCUT2D eigenvalue weighted by atomic mass is 32.2. The number of fused-ring (bicyclic) bond motifs is 2. The number of aryl methyl sites for hydroxylation is 1. The Bertz CT molecular complexity index is 1160. The van der Waals surface area contributed by atoms with Crippen molar-refractivity contribution < 1.29 is 4.79 Å². The third-order valence-electron chi connectivity index (χ3n) is 3.62. The Balaban J connectivity index is 1.36. The highest BCUT2D eigenvalue weighted by molar-refractivity contribution is 7.99. The van der Waals surface area contributed by atoms with E-state index in [-0.39, 0.29) is 11.5 Å². The fourth-order valence-corrected chi connectivity index (χ4v) is 4.85. The molecule has 3 aromatic heterocycles. The van der Waals surface area contributed by atoms with Crippen LogP contribution in [0.15, 0.2) is 40.6 Å². The molecular weight excluding hydrogens is 388 g/mol. The zero-order valence-electron chi connectivity index (χ0n) is 13.8. The molecule has 0 saturated carbocycles. The van der Waals surface area contributed by atoms with Crippen molar-refractivity contribution in [3.63, 3.8) is 0 Å². The zero-order valence-corrected chi connectivity index (χ0v) is 16.2. The number of aromatic nitrogens is 3. The second-order valence-electron chi connectivity index (χ2n) is 5.60. The lowest BCUT2D eigenvalue weighted by atomic mass is 10.3. The first kappa shape index (κ1) is 17.2. The second kappa shape index (κ2) is 7.18. The van der Waals surface area contributed by atoms with Gasteiger partial charge in [-0.1, -0.05) is 0 Å². The molecule has 0 bridgehead atoms. The number of nitrogens with zero attached hydrogens (tertiary/aromatic N) is 3. The molecule has 9 heteroatoms. The molecule has 0 unspecified atom stereocenters. The van der Waals surface area contributed by atoms with Crippen LogP contribution in [0.3, 0.4) is 0 Å². The Labute approximate surface area is 160 Å². The van der Waals surface area contributed by atoms with E-state index < -0.39 is 0 Å². The van der Waals surface area contributed by atoms with Crippen molar-refractivity contribution in [3.05, 3.63) is 56.9 Å². The van der Waals surface area contributed by atoms with Crippen molar-refractivity contribution in [3.8, 4) is 0 Å². The molecule has 6 nitrogen and oxygen atoms in total. The molecule has 26 heavy (non-hydrogen) atoms. The van der Waals surface area contributed by atoms with Gasteiger partial charge >= 0.3 is 0 Å². The topological polar surface area (TPSA) is 76.4 Å².